The van der Waals surface area contributed by atoms with Gasteiger partial charge in [0.2, 0.25) is 0 Å². The van der Waals surface area contributed by atoms with Crippen molar-refractivity contribution in [2.24, 2.45) is 0 Å². The molecule has 2 heterocycles. The van der Waals surface area contributed by atoms with Crippen LogP contribution in [-0.4, -0.2) is 23.2 Å². The highest BCUT2D eigenvalue weighted by Crippen LogP contribution is 2.21. The molecule has 0 spiro atoms. The smallest absolute Gasteiger partial charge is 0.265 e. The molecule has 0 unspecified atom stereocenters. The molecule has 6 nitrogen and oxygen atoms in total. The van der Waals surface area contributed by atoms with Crippen LogP contribution in [0, 0.1) is 0 Å². The van der Waals surface area contributed by atoms with Gasteiger partial charge < -0.3 is 0 Å². The number of rotatable bonds is 3. The predicted octanol–water partition coefficient (Wildman–Crippen LogP) is 2.99. The topological polar surface area (TPSA) is 76.9 Å². The van der Waals surface area contributed by atoms with Crippen LogP contribution in [0.1, 0.15) is 20.8 Å². The number of pyridine rings is 1. The molecule has 23 heavy (non-hydrogen) atoms. The van der Waals surface area contributed by atoms with Crippen LogP contribution in [0.25, 0.3) is 10.9 Å². The van der Waals surface area contributed by atoms with Crippen LogP contribution >= 0.6 is 0 Å². The van der Waals surface area contributed by atoms with Gasteiger partial charge in [-0.2, -0.15) is 5.10 Å². The molecule has 0 saturated carbocycles. The summed E-state index contributed by atoms with van der Waals surface area (Å²) < 4.78 is 29.1. The van der Waals surface area contributed by atoms with Gasteiger partial charge in [-0.25, -0.2) is 8.42 Å². The number of nitrogens with zero attached hydrogens (tertiary/aromatic N) is 3. The molecule has 0 aliphatic carbocycles. The number of aromatic nitrogens is 3. The summed E-state index contributed by atoms with van der Waals surface area (Å²) in [5.41, 5.74) is 0.960. The first kappa shape index (κ1) is 15.5. The Morgan fingerprint density at radius 3 is 2.57 bits per heavy atom. The van der Waals surface area contributed by atoms with Crippen molar-refractivity contribution in [1.29, 1.82) is 0 Å². The van der Waals surface area contributed by atoms with Crippen LogP contribution in [0.3, 0.4) is 0 Å². The van der Waals surface area contributed by atoms with E-state index in [-0.39, 0.29) is 10.4 Å². The molecule has 0 atom stereocenters. The first-order valence-corrected chi connectivity index (χ1v) is 8.67. The number of sulfonamides is 1. The molecule has 0 amide bonds. The number of fused-ring (bicyclic) bond motifs is 1. The number of benzene rings is 1. The number of para-hydroxylation sites is 1. The number of hydrogen-bond acceptors (Lipinski definition) is 4. The SMILES string of the molecule is CC(C)(C)n1cc(S(=O)(=O)Nc2cnc3ccccc3c2)cn1. The third-order valence-electron chi connectivity index (χ3n) is 3.40. The summed E-state index contributed by atoms with van der Waals surface area (Å²) in [5.74, 6) is 0. The molecule has 1 N–H and O–H groups in total. The van der Waals surface area contributed by atoms with Gasteiger partial charge in [0.25, 0.3) is 10.0 Å². The molecule has 0 bridgehead atoms. The average molecular weight is 330 g/mol. The Bertz CT molecular complexity index is 955. The summed E-state index contributed by atoms with van der Waals surface area (Å²) in [7, 11) is -3.69. The molecule has 1 aromatic carbocycles. The van der Waals surface area contributed by atoms with Gasteiger partial charge in [0.05, 0.1) is 29.1 Å². The van der Waals surface area contributed by atoms with Crippen molar-refractivity contribution in [1.82, 2.24) is 14.8 Å². The molecule has 0 radical (unpaired) electrons. The molecular weight excluding hydrogens is 312 g/mol. The summed E-state index contributed by atoms with van der Waals surface area (Å²) in [6, 6.07) is 9.29. The third kappa shape index (κ3) is 3.19. The molecule has 7 heteroatoms. The largest absolute Gasteiger partial charge is 0.278 e. The molecule has 120 valence electrons. The van der Waals surface area contributed by atoms with Gasteiger partial charge in [0.15, 0.2) is 0 Å². The number of hydrogen-bond donors (Lipinski definition) is 1. The van der Waals surface area contributed by atoms with E-state index in [1.165, 1.54) is 18.6 Å². The summed E-state index contributed by atoms with van der Waals surface area (Å²) >= 11 is 0. The summed E-state index contributed by atoms with van der Waals surface area (Å²) in [6.07, 6.45) is 4.38. The second-order valence-electron chi connectivity index (χ2n) is 6.31. The fraction of sp³-hybridized carbons (Fsp3) is 0.250. The van der Waals surface area contributed by atoms with Crippen LogP contribution in [-0.2, 0) is 15.6 Å². The second kappa shape index (κ2) is 5.34. The highest BCUT2D eigenvalue weighted by Gasteiger charge is 2.21. The average Bonchev–Trinajstić information content (AvgIpc) is 2.97. The highest BCUT2D eigenvalue weighted by atomic mass is 32.2. The van der Waals surface area contributed by atoms with E-state index in [1.54, 1.807) is 10.7 Å². The lowest BCUT2D eigenvalue weighted by molar-refractivity contribution is 0.355. The maximum atomic E-state index is 12.5. The molecule has 0 saturated heterocycles. The van der Waals surface area contributed by atoms with E-state index in [2.05, 4.69) is 14.8 Å². The third-order valence-corrected chi connectivity index (χ3v) is 4.74. The second-order valence-corrected chi connectivity index (χ2v) is 8.00. The van der Waals surface area contributed by atoms with Gasteiger partial charge >= 0.3 is 0 Å². The van der Waals surface area contributed by atoms with Crippen molar-refractivity contribution in [3.05, 3.63) is 48.9 Å². The van der Waals surface area contributed by atoms with E-state index in [0.717, 1.165) is 10.9 Å². The maximum Gasteiger partial charge on any atom is 0.265 e. The van der Waals surface area contributed by atoms with Gasteiger partial charge in [-0.15, -0.1) is 0 Å². The Kier molecular flexibility index (Phi) is 3.60. The number of nitrogens with one attached hydrogen (secondary N) is 1. The lowest BCUT2D eigenvalue weighted by Crippen LogP contribution is -2.22. The highest BCUT2D eigenvalue weighted by molar-refractivity contribution is 7.92. The first-order valence-electron chi connectivity index (χ1n) is 7.18. The monoisotopic (exact) mass is 330 g/mol. The van der Waals surface area contributed by atoms with E-state index in [4.69, 9.17) is 0 Å². The van der Waals surface area contributed by atoms with Crippen molar-refractivity contribution in [3.63, 3.8) is 0 Å². The fourth-order valence-corrected chi connectivity index (χ4v) is 3.12. The summed E-state index contributed by atoms with van der Waals surface area (Å²) in [4.78, 5) is 4.38. The zero-order chi connectivity index (χ0) is 16.7. The van der Waals surface area contributed by atoms with Gasteiger partial charge in [-0.05, 0) is 32.9 Å². The molecule has 0 aliphatic rings. The van der Waals surface area contributed by atoms with Crippen LogP contribution < -0.4 is 4.72 Å². The van der Waals surface area contributed by atoms with Gasteiger partial charge in [-0.3, -0.25) is 14.4 Å². The van der Waals surface area contributed by atoms with Crippen LogP contribution in [0.2, 0.25) is 0 Å². The molecule has 3 rings (SSSR count). The van der Waals surface area contributed by atoms with Crippen LogP contribution in [0.5, 0.6) is 0 Å². The standard InChI is InChI=1S/C16H18N4O2S/c1-16(2,3)20-11-14(10-18-20)23(21,22)19-13-8-12-6-4-5-7-15(12)17-9-13/h4-11,19H,1-3H3. The van der Waals surface area contributed by atoms with Crippen molar-refractivity contribution < 1.29 is 8.42 Å². The Morgan fingerprint density at radius 1 is 1.13 bits per heavy atom. The van der Waals surface area contributed by atoms with Gasteiger partial charge in [-0.1, -0.05) is 18.2 Å². The lowest BCUT2D eigenvalue weighted by Gasteiger charge is -2.18. The first-order chi connectivity index (χ1) is 10.8. The van der Waals surface area contributed by atoms with Crippen molar-refractivity contribution in [2.45, 2.75) is 31.2 Å². The minimum Gasteiger partial charge on any atom is -0.278 e. The van der Waals surface area contributed by atoms with E-state index in [0.29, 0.717) is 5.69 Å². The van der Waals surface area contributed by atoms with E-state index >= 15 is 0 Å². The van der Waals surface area contributed by atoms with Crippen molar-refractivity contribution in [3.8, 4) is 0 Å². The molecule has 0 fully saturated rings. The minimum absolute atomic E-state index is 0.126. The number of anilines is 1. The van der Waals surface area contributed by atoms with Crippen LogP contribution in [0.15, 0.2) is 53.8 Å². The predicted molar refractivity (Wildman–Crippen MR) is 89.8 cm³/mol. The summed E-state index contributed by atoms with van der Waals surface area (Å²) in [5, 5.41) is 5.00. The van der Waals surface area contributed by atoms with E-state index < -0.39 is 10.0 Å². The lowest BCUT2D eigenvalue weighted by atomic mass is 10.1. The van der Waals surface area contributed by atoms with E-state index in [9.17, 15) is 8.42 Å². The van der Waals surface area contributed by atoms with Crippen molar-refractivity contribution in [2.75, 3.05) is 4.72 Å². The van der Waals surface area contributed by atoms with Crippen molar-refractivity contribution >= 4 is 26.6 Å². The van der Waals surface area contributed by atoms with Gasteiger partial charge in [0, 0.05) is 11.6 Å². The summed E-state index contributed by atoms with van der Waals surface area (Å²) in [6.45, 7) is 5.87. The fourth-order valence-electron chi connectivity index (χ4n) is 2.15. The normalized spacial score (nSPS) is 12.5. The van der Waals surface area contributed by atoms with Gasteiger partial charge in [0.1, 0.15) is 4.90 Å². The quantitative estimate of drug-likeness (QED) is 0.801. The molecule has 3 aromatic rings. The minimum atomic E-state index is -3.69. The Labute approximate surface area is 135 Å². The zero-order valence-electron chi connectivity index (χ0n) is 13.2. The zero-order valence-corrected chi connectivity index (χ0v) is 14.0. The molecular formula is C16H18N4O2S. The Hall–Kier alpha value is -2.41. The Morgan fingerprint density at radius 2 is 1.87 bits per heavy atom. The Balaban J connectivity index is 1.92. The van der Waals surface area contributed by atoms with E-state index in [1.807, 2.05) is 45.0 Å². The van der Waals surface area contributed by atoms with Crippen LogP contribution in [0.4, 0.5) is 5.69 Å². The maximum absolute atomic E-state index is 12.5. The molecule has 0 aliphatic heterocycles. The molecule has 2 aromatic heterocycles.